The number of carbonyl (C=O) groups excluding carboxylic acids is 1. The van der Waals surface area contributed by atoms with Crippen LogP contribution in [-0.4, -0.2) is 11.9 Å². The average Bonchev–Trinajstić information content (AvgIpc) is 2.84. The summed E-state index contributed by atoms with van der Waals surface area (Å²) in [6.45, 7) is 1.75. The molecule has 1 aromatic rings. The molecule has 0 saturated heterocycles. The lowest BCUT2D eigenvalue weighted by Gasteiger charge is -2.20. The number of hydrogen-bond acceptors (Lipinski definition) is 2. The molecule has 3 nitrogen and oxygen atoms in total. The van der Waals surface area contributed by atoms with Crippen LogP contribution >= 0.6 is 0 Å². The zero-order chi connectivity index (χ0) is 15.6. The van der Waals surface area contributed by atoms with Crippen LogP contribution < -0.4 is 11.1 Å². The largest absolute Gasteiger partial charge is 0.416 e. The Morgan fingerprint density at radius 1 is 1.29 bits per heavy atom. The highest BCUT2D eigenvalue weighted by Gasteiger charge is 2.32. The smallest absolute Gasteiger partial charge is 0.349 e. The molecule has 0 bridgehead atoms. The van der Waals surface area contributed by atoms with E-state index >= 15 is 0 Å². The first kappa shape index (κ1) is 15.8. The molecule has 21 heavy (non-hydrogen) atoms. The highest BCUT2D eigenvalue weighted by atomic mass is 19.4. The van der Waals surface area contributed by atoms with Gasteiger partial charge in [0.2, 0.25) is 5.91 Å². The van der Waals surface area contributed by atoms with E-state index in [2.05, 4.69) is 5.32 Å². The first-order valence-corrected chi connectivity index (χ1v) is 7.02. The van der Waals surface area contributed by atoms with Crippen LogP contribution in [0.15, 0.2) is 24.3 Å². The van der Waals surface area contributed by atoms with Crippen molar-refractivity contribution >= 4 is 5.91 Å². The van der Waals surface area contributed by atoms with Crippen LogP contribution in [0.1, 0.15) is 43.4 Å². The minimum Gasteiger partial charge on any atom is -0.349 e. The predicted molar refractivity (Wildman–Crippen MR) is 73.3 cm³/mol. The molecule has 1 amide bonds. The lowest BCUT2D eigenvalue weighted by molar-refractivity contribution is -0.137. The number of nitrogens with one attached hydrogen (secondary N) is 1. The van der Waals surface area contributed by atoms with Crippen LogP contribution in [-0.2, 0) is 11.0 Å². The van der Waals surface area contributed by atoms with E-state index in [1.165, 1.54) is 12.1 Å². The van der Waals surface area contributed by atoms with Crippen molar-refractivity contribution in [2.24, 2.45) is 11.7 Å². The zero-order valence-electron chi connectivity index (χ0n) is 11.8. The van der Waals surface area contributed by atoms with Gasteiger partial charge in [0, 0.05) is 6.04 Å². The second-order valence-corrected chi connectivity index (χ2v) is 5.55. The minimum absolute atomic E-state index is 0.118. The number of alkyl halides is 3. The summed E-state index contributed by atoms with van der Waals surface area (Å²) >= 11 is 0. The summed E-state index contributed by atoms with van der Waals surface area (Å²) in [6.07, 6.45) is -1.80. The molecule has 1 aliphatic carbocycles. The summed E-state index contributed by atoms with van der Waals surface area (Å²) < 4.78 is 37.5. The molecular weight excluding hydrogens is 281 g/mol. The molecule has 2 rings (SSSR count). The van der Waals surface area contributed by atoms with Gasteiger partial charge in [0.05, 0.1) is 17.5 Å². The van der Waals surface area contributed by atoms with Crippen LogP contribution in [0, 0.1) is 5.92 Å². The van der Waals surface area contributed by atoms with Crippen molar-refractivity contribution in [2.75, 3.05) is 0 Å². The summed E-state index contributed by atoms with van der Waals surface area (Å²) in [5.41, 5.74) is 5.83. The van der Waals surface area contributed by atoms with Crippen molar-refractivity contribution in [2.45, 2.75) is 44.4 Å². The number of nitrogens with two attached hydrogens (primary N) is 1. The fraction of sp³-hybridized carbons (Fsp3) is 0.533. The quantitative estimate of drug-likeness (QED) is 0.901. The SMILES string of the molecule is CC(NC(=O)C1CCCC1N)c1ccc(C(F)(F)F)cc1. The molecule has 1 saturated carbocycles. The van der Waals surface area contributed by atoms with Gasteiger partial charge in [0.15, 0.2) is 0 Å². The fourth-order valence-corrected chi connectivity index (χ4v) is 2.68. The van der Waals surface area contributed by atoms with E-state index in [4.69, 9.17) is 5.73 Å². The number of amides is 1. The van der Waals surface area contributed by atoms with Gasteiger partial charge in [-0.15, -0.1) is 0 Å². The number of hydrogen-bond donors (Lipinski definition) is 2. The van der Waals surface area contributed by atoms with Crippen LogP contribution in [0.4, 0.5) is 13.2 Å². The standard InChI is InChI=1S/C15H19F3N2O/c1-9(20-14(21)12-3-2-4-13(12)19)10-5-7-11(8-6-10)15(16,17)18/h5-9,12-13H,2-4,19H2,1H3,(H,20,21). The number of rotatable bonds is 3. The van der Waals surface area contributed by atoms with Crippen molar-refractivity contribution in [1.82, 2.24) is 5.32 Å². The van der Waals surface area contributed by atoms with Crippen LogP contribution in [0.5, 0.6) is 0 Å². The highest BCUT2D eigenvalue weighted by Crippen LogP contribution is 2.30. The Bertz CT molecular complexity index is 499. The number of benzene rings is 1. The maximum absolute atomic E-state index is 12.5. The third-order valence-electron chi connectivity index (χ3n) is 4.00. The number of halogens is 3. The van der Waals surface area contributed by atoms with E-state index in [1.54, 1.807) is 6.92 Å². The maximum atomic E-state index is 12.5. The number of carbonyl (C=O) groups is 1. The zero-order valence-corrected chi connectivity index (χ0v) is 11.8. The van der Waals surface area contributed by atoms with Crippen molar-refractivity contribution < 1.29 is 18.0 Å². The molecule has 6 heteroatoms. The third-order valence-corrected chi connectivity index (χ3v) is 4.00. The molecule has 0 heterocycles. The summed E-state index contributed by atoms with van der Waals surface area (Å²) in [5.74, 6) is -0.311. The van der Waals surface area contributed by atoms with Gasteiger partial charge in [-0.1, -0.05) is 18.6 Å². The van der Waals surface area contributed by atoms with Gasteiger partial charge in [-0.2, -0.15) is 13.2 Å². The van der Waals surface area contributed by atoms with Gasteiger partial charge in [-0.25, -0.2) is 0 Å². The lowest BCUT2D eigenvalue weighted by Crippen LogP contribution is -2.39. The van der Waals surface area contributed by atoms with Crippen LogP contribution in [0.2, 0.25) is 0 Å². The van der Waals surface area contributed by atoms with Gasteiger partial charge in [-0.05, 0) is 37.5 Å². The van der Waals surface area contributed by atoms with Gasteiger partial charge in [-0.3, -0.25) is 4.79 Å². The van der Waals surface area contributed by atoms with Crippen LogP contribution in [0.3, 0.4) is 0 Å². The Morgan fingerprint density at radius 3 is 2.38 bits per heavy atom. The van der Waals surface area contributed by atoms with Crippen molar-refractivity contribution in [1.29, 1.82) is 0 Å². The second kappa shape index (κ2) is 6.05. The molecule has 1 aromatic carbocycles. The van der Waals surface area contributed by atoms with Gasteiger partial charge >= 0.3 is 6.18 Å². The molecular formula is C15H19F3N2O. The van der Waals surface area contributed by atoms with E-state index in [0.29, 0.717) is 5.56 Å². The van der Waals surface area contributed by atoms with E-state index in [0.717, 1.165) is 31.4 Å². The Balaban J connectivity index is 2.00. The van der Waals surface area contributed by atoms with Gasteiger partial charge in [0.1, 0.15) is 0 Å². The molecule has 0 aromatic heterocycles. The lowest BCUT2D eigenvalue weighted by atomic mass is 10.0. The second-order valence-electron chi connectivity index (χ2n) is 5.55. The molecule has 0 spiro atoms. The molecule has 1 aliphatic rings. The molecule has 0 aliphatic heterocycles. The topological polar surface area (TPSA) is 55.1 Å². The average molecular weight is 300 g/mol. The monoisotopic (exact) mass is 300 g/mol. The van der Waals surface area contributed by atoms with E-state index < -0.39 is 11.7 Å². The first-order valence-electron chi connectivity index (χ1n) is 7.02. The predicted octanol–water partition coefficient (Wildman–Crippen LogP) is 3.01. The molecule has 1 fully saturated rings. The normalized spacial score (nSPS) is 23.9. The van der Waals surface area contributed by atoms with E-state index in [1.807, 2.05) is 0 Å². The molecule has 3 unspecified atom stereocenters. The molecule has 0 radical (unpaired) electrons. The highest BCUT2D eigenvalue weighted by molar-refractivity contribution is 5.80. The Morgan fingerprint density at radius 2 is 1.90 bits per heavy atom. The summed E-state index contributed by atoms with van der Waals surface area (Å²) in [5, 5.41) is 2.83. The van der Waals surface area contributed by atoms with Crippen molar-refractivity contribution in [3.8, 4) is 0 Å². The Kier molecular flexibility index (Phi) is 4.56. The fourth-order valence-electron chi connectivity index (χ4n) is 2.68. The molecule has 3 N–H and O–H groups in total. The van der Waals surface area contributed by atoms with E-state index in [-0.39, 0.29) is 23.9 Å². The van der Waals surface area contributed by atoms with Crippen molar-refractivity contribution in [3.63, 3.8) is 0 Å². The Labute approximate surface area is 121 Å². The first-order chi connectivity index (χ1) is 9.79. The van der Waals surface area contributed by atoms with Gasteiger partial charge in [0.25, 0.3) is 0 Å². The third kappa shape index (κ3) is 3.75. The van der Waals surface area contributed by atoms with Gasteiger partial charge < -0.3 is 11.1 Å². The van der Waals surface area contributed by atoms with Crippen LogP contribution in [0.25, 0.3) is 0 Å². The molecule has 3 atom stereocenters. The maximum Gasteiger partial charge on any atom is 0.416 e. The Hall–Kier alpha value is -1.56. The van der Waals surface area contributed by atoms with E-state index in [9.17, 15) is 18.0 Å². The summed E-state index contributed by atoms with van der Waals surface area (Å²) in [6, 6.07) is 4.38. The molecule has 116 valence electrons. The van der Waals surface area contributed by atoms with Crippen molar-refractivity contribution in [3.05, 3.63) is 35.4 Å². The summed E-state index contributed by atoms with van der Waals surface area (Å²) in [7, 11) is 0. The summed E-state index contributed by atoms with van der Waals surface area (Å²) in [4.78, 5) is 12.1. The minimum atomic E-state index is -4.35.